The van der Waals surface area contributed by atoms with E-state index in [-0.39, 0.29) is 17.5 Å². The quantitative estimate of drug-likeness (QED) is 0.707. The molecule has 106 valence electrons. The van der Waals surface area contributed by atoms with E-state index >= 15 is 0 Å². The molecule has 1 aromatic carbocycles. The molecule has 0 saturated heterocycles. The van der Waals surface area contributed by atoms with E-state index in [1.165, 1.54) is 6.07 Å². The Morgan fingerprint density at radius 2 is 2.21 bits per heavy atom. The number of benzene rings is 1. The van der Waals surface area contributed by atoms with Gasteiger partial charge in [0.25, 0.3) is 0 Å². The van der Waals surface area contributed by atoms with Gasteiger partial charge in [0.2, 0.25) is 5.91 Å². The van der Waals surface area contributed by atoms with E-state index in [4.69, 9.17) is 4.74 Å². The highest BCUT2D eigenvalue weighted by molar-refractivity contribution is 5.75. The Labute approximate surface area is 113 Å². The van der Waals surface area contributed by atoms with Crippen LogP contribution in [0, 0.1) is 5.82 Å². The fourth-order valence-electron chi connectivity index (χ4n) is 1.58. The van der Waals surface area contributed by atoms with Gasteiger partial charge >= 0.3 is 0 Å². The number of nitrogens with one attached hydrogen (secondary N) is 2. The lowest BCUT2D eigenvalue weighted by atomic mass is 10.2. The van der Waals surface area contributed by atoms with E-state index < -0.39 is 0 Å². The molecule has 19 heavy (non-hydrogen) atoms. The van der Waals surface area contributed by atoms with Crippen LogP contribution < -0.4 is 15.4 Å². The maximum Gasteiger partial charge on any atom is 0.219 e. The molecule has 0 unspecified atom stereocenters. The lowest BCUT2D eigenvalue weighted by molar-refractivity contribution is -0.120. The van der Waals surface area contributed by atoms with Gasteiger partial charge in [-0.25, -0.2) is 4.39 Å². The summed E-state index contributed by atoms with van der Waals surface area (Å²) in [7, 11) is 1.59. The molecule has 0 aromatic heterocycles. The van der Waals surface area contributed by atoms with Crippen LogP contribution in [0.2, 0.25) is 0 Å². The van der Waals surface area contributed by atoms with Crippen molar-refractivity contribution in [1.29, 1.82) is 0 Å². The topological polar surface area (TPSA) is 50.4 Å². The molecular formula is C14H21FN2O2. The van der Waals surface area contributed by atoms with Crippen molar-refractivity contribution in [2.24, 2.45) is 0 Å². The first-order valence-corrected chi connectivity index (χ1v) is 6.50. The van der Waals surface area contributed by atoms with Crippen LogP contribution >= 0.6 is 0 Å². The van der Waals surface area contributed by atoms with E-state index in [0.29, 0.717) is 26.0 Å². The summed E-state index contributed by atoms with van der Waals surface area (Å²) in [5.74, 6) is -0.169. The summed E-state index contributed by atoms with van der Waals surface area (Å²) in [6.07, 6.45) is 0.953. The molecule has 4 nitrogen and oxygen atoms in total. The standard InChI is InChI=1S/C14H21FN2O2/c1-3-17-10-11-6-7-13(12(15)9-11)19-8-4-5-14(18)16-2/h6-7,9,17H,3-5,8,10H2,1-2H3,(H,16,18). The zero-order valence-electron chi connectivity index (χ0n) is 11.5. The van der Waals surface area contributed by atoms with Gasteiger partial charge in [-0.05, 0) is 30.7 Å². The minimum atomic E-state index is -0.365. The van der Waals surface area contributed by atoms with Crippen molar-refractivity contribution >= 4 is 5.91 Å². The lowest BCUT2D eigenvalue weighted by Crippen LogP contribution is -2.18. The predicted octanol–water partition coefficient (Wildman–Crippen LogP) is 1.84. The maximum absolute atomic E-state index is 13.7. The Hall–Kier alpha value is -1.62. The van der Waals surface area contributed by atoms with Crippen LogP contribution in [-0.2, 0) is 11.3 Å². The number of ether oxygens (including phenoxy) is 1. The molecular weight excluding hydrogens is 247 g/mol. The van der Waals surface area contributed by atoms with E-state index in [0.717, 1.165) is 12.1 Å². The second kappa shape index (κ2) is 8.48. The molecule has 1 amide bonds. The van der Waals surface area contributed by atoms with Crippen LogP contribution in [0.3, 0.4) is 0 Å². The SMILES string of the molecule is CCNCc1ccc(OCCCC(=O)NC)c(F)c1. The summed E-state index contributed by atoms with van der Waals surface area (Å²) in [6, 6.07) is 4.93. The Morgan fingerprint density at radius 3 is 2.84 bits per heavy atom. The Balaban J connectivity index is 2.39. The Morgan fingerprint density at radius 1 is 1.42 bits per heavy atom. The number of rotatable bonds is 8. The molecule has 0 spiro atoms. The summed E-state index contributed by atoms with van der Waals surface area (Å²) < 4.78 is 19.0. The third kappa shape index (κ3) is 5.70. The van der Waals surface area contributed by atoms with Crippen molar-refractivity contribution in [3.05, 3.63) is 29.6 Å². The van der Waals surface area contributed by atoms with Crippen molar-refractivity contribution in [2.75, 3.05) is 20.2 Å². The number of carbonyl (C=O) groups is 1. The van der Waals surface area contributed by atoms with Gasteiger partial charge in [-0.15, -0.1) is 0 Å². The minimum absolute atomic E-state index is 0.0370. The van der Waals surface area contributed by atoms with Crippen molar-refractivity contribution < 1.29 is 13.9 Å². The second-order valence-electron chi connectivity index (χ2n) is 4.17. The monoisotopic (exact) mass is 268 g/mol. The first-order chi connectivity index (χ1) is 9.17. The Bertz CT molecular complexity index is 410. The van der Waals surface area contributed by atoms with Crippen molar-refractivity contribution in [3.63, 3.8) is 0 Å². The fourth-order valence-corrected chi connectivity index (χ4v) is 1.58. The highest BCUT2D eigenvalue weighted by atomic mass is 19.1. The number of amides is 1. The van der Waals surface area contributed by atoms with Crippen molar-refractivity contribution in [1.82, 2.24) is 10.6 Å². The summed E-state index contributed by atoms with van der Waals surface area (Å²) >= 11 is 0. The smallest absolute Gasteiger partial charge is 0.219 e. The zero-order valence-corrected chi connectivity index (χ0v) is 11.5. The van der Waals surface area contributed by atoms with E-state index in [1.807, 2.05) is 13.0 Å². The van der Waals surface area contributed by atoms with Gasteiger partial charge < -0.3 is 15.4 Å². The van der Waals surface area contributed by atoms with Crippen LogP contribution in [-0.4, -0.2) is 26.1 Å². The molecule has 0 bridgehead atoms. The van der Waals surface area contributed by atoms with Gasteiger partial charge in [0.1, 0.15) is 0 Å². The van der Waals surface area contributed by atoms with E-state index in [2.05, 4.69) is 10.6 Å². The molecule has 1 rings (SSSR count). The molecule has 0 fully saturated rings. The molecule has 0 aliphatic rings. The van der Waals surface area contributed by atoms with Gasteiger partial charge in [0, 0.05) is 20.0 Å². The molecule has 0 heterocycles. The van der Waals surface area contributed by atoms with Crippen LogP contribution in [0.1, 0.15) is 25.3 Å². The molecule has 0 radical (unpaired) electrons. The van der Waals surface area contributed by atoms with Gasteiger partial charge in [-0.2, -0.15) is 0 Å². The highest BCUT2D eigenvalue weighted by Gasteiger charge is 2.05. The molecule has 0 aliphatic heterocycles. The number of halogens is 1. The fraction of sp³-hybridized carbons (Fsp3) is 0.500. The second-order valence-corrected chi connectivity index (χ2v) is 4.17. The highest BCUT2D eigenvalue weighted by Crippen LogP contribution is 2.18. The zero-order chi connectivity index (χ0) is 14.1. The first kappa shape index (κ1) is 15.4. The van der Waals surface area contributed by atoms with Crippen LogP contribution in [0.25, 0.3) is 0 Å². The van der Waals surface area contributed by atoms with Crippen molar-refractivity contribution in [2.45, 2.75) is 26.3 Å². The number of carbonyl (C=O) groups excluding carboxylic acids is 1. The van der Waals surface area contributed by atoms with Crippen LogP contribution in [0.15, 0.2) is 18.2 Å². The minimum Gasteiger partial charge on any atom is -0.491 e. The third-order valence-electron chi connectivity index (χ3n) is 2.66. The first-order valence-electron chi connectivity index (χ1n) is 6.50. The molecule has 0 aliphatic carbocycles. The number of hydrogen-bond acceptors (Lipinski definition) is 3. The van der Waals surface area contributed by atoms with Crippen LogP contribution in [0.4, 0.5) is 4.39 Å². The van der Waals surface area contributed by atoms with Crippen molar-refractivity contribution in [3.8, 4) is 5.75 Å². The van der Waals surface area contributed by atoms with Crippen LogP contribution in [0.5, 0.6) is 5.75 Å². The summed E-state index contributed by atoms with van der Waals surface area (Å²) in [5, 5.41) is 5.66. The summed E-state index contributed by atoms with van der Waals surface area (Å²) in [4.78, 5) is 11.0. The summed E-state index contributed by atoms with van der Waals surface area (Å²) in [6.45, 7) is 3.82. The lowest BCUT2D eigenvalue weighted by Gasteiger charge is -2.09. The average Bonchev–Trinajstić information content (AvgIpc) is 2.42. The van der Waals surface area contributed by atoms with Gasteiger partial charge in [-0.1, -0.05) is 13.0 Å². The largest absolute Gasteiger partial charge is 0.491 e. The molecule has 0 saturated carbocycles. The Kier molecular flexibility index (Phi) is 6.89. The molecule has 1 aromatic rings. The van der Waals surface area contributed by atoms with Gasteiger partial charge in [0.05, 0.1) is 6.61 Å². The molecule has 5 heteroatoms. The van der Waals surface area contributed by atoms with Gasteiger partial charge in [-0.3, -0.25) is 4.79 Å². The summed E-state index contributed by atoms with van der Waals surface area (Å²) in [5.41, 5.74) is 0.886. The van der Waals surface area contributed by atoms with E-state index in [9.17, 15) is 9.18 Å². The number of hydrogen-bond donors (Lipinski definition) is 2. The normalized spacial score (nSPS) is 10.3. The molecule has 2 N–H and O–H groups in total. The van der Waals surface area contributed by atoms with E-state index in [1.54, 1.807) is 13.1 Å². The average molecular weight is 268 g/mol. The predicted molar refractivity (Wildman–Crippen MR) is 72.6 cm³/mol. The maximum atomic E-state index is 13.7. The third-order valence-corrected chi connectivity index (χ3v) is 2.66. The molecule has 0 atom stereocenters. The van der Waals surface area contributed by atoms with Gasteiger partial charge in [0.15, 0.2) is 11.6 Å².